The predicted molar refractivity (Wildman–Crippen MR) is 137 cm³/mol. The molecule has 2 aromatic carbocycles. The second kappa shape index (κ2) is 14.0. The Labute approximate surface area is 210 Å². The molecule has 1 atom stereocenters. The van der Waals surface area contributed by atoms with E-state index in [9.17, 15) is 9.59 Å². The van der Waals surface area contributed by atoms with Crippen molar-refractivity contribution in [3.8, 4) is 0 Å². The molecule has 0 bridgehead atoms. The number of benzene rings is 2. The lowest BCUT2D eigenvalue weighted by atomic mass is 10.1. The molecule has 0 aliphatic heterocycles. The van der Waals surface area contributed by atoms with Gasteiger partial charge in [0.1, 0.15) is 6.04 Å². The monoisotopic (exact) mass is 514 g/mol. The highest BCUT2D eigenvalue weighted by Gasteiger charge is 2.28. The van der Waals surface area contributed by atoms with Crippen LogP contribution < -0.4 is 5.32 Å². The smallest absolute Gasteiger partial charge is 0.242 e. The summed E-state index contributed by atoms with van der Waals surface area (Å²) in [5, 5.41) is 4.76. The van der Waals surface area contributed by atoms with Gasteiger partial charge in [0.05, 0.1) is 5.75 Å². The minimum atomic E-state index is -0.542. The van der Waals surface area contributed by atoms with Crippen molar-refractivity contribution in [3.63, 3.8) is 0 Å². The summed E-state index contributed by atoms with van der Waals surface area (Å²) in [6, 6.07) is 12.1. The van der Waals surface area contributed by atoms with E-state index in [1.807, 2.05) is 19.1 Å². The first kappa shape index (κ1) is 26.8. The predicted octanol–water partition coefficient (Wildman–Crippen LogP) is 6.60. The molecule has 2 amide bonds. The number of halogens is 3. The topological polar surface area (TPSA) is 49.4 Å². The third kappa shape index (κ3) is 8.18. The minimum Gasteiger partial charge on any atom is -0.354 e. The standard InChI is InChI=1S/C24H29Cl3N2O2S/c1-3-5-13-28-24(31)22(4-2)29(14-17-9-11-18(25)12-10-17)23(30)16-32-15-19-20(26)7-6-8-21(19)27/h6-12,22H,3-5,13-16H2,1-2H3,(H,28,31)/t22-/m1/s1. The second-order valence-corrected chi connectivity index (χ2v) is 9.65. The zero-order chi connectivity index (χ0) is 23.5. The maximum atomic E-state index is 13.2. The second-order valence-electron chi connectivity index (χ2n) is 7.41. The molecule has 0 aliphatic carbocycles. The van der Waals surface area contributed by atoms with Gasteiger partial charge in [-0.25, -0.2) is 0 Å². The number of amides is 2. The summed E-state index contributed by atoms with van der Waals surface area (Å²) >= 11 is 19.9. The Kier molecular flexibility index (Phi) is 11.7. The van der Waals surface area contributed by atoms with Crippen molar-refractivity contribution in [1.29, 1.82) is 0 Å². The van der Waals surface area contributed by atoms with Crippen LogP contribution in [-0.4, -0.2) is 35.1 Å². The third-order valence-corrected chi connectivity index (χ3v) is 6.92. The normalized spacial score (nSPS) is 11.8. The fourth-order valence-electron chi connectivity index (χ4n) is 3.21. The van der Waals surface area contributed by atoms with E-state index in [0.29, 0.717) is 40.3 Å². The molecule has 0 spiro atoms. The molecular formula is C24H29Cl3N2O2S. The Morgan fingerprint density at radius 1 is 1.03 bits per heavy atom. The molecule has 0 aromatic heterocycles. The largest absolute Gasteiger partial charge is 0.354 e. The van der Waals surface area contributed by atoms with Crippen molar-refractivity contribution in [2.24, 2.45) is 0 Å². The average molecular weight is 516 g/mol. The Morgan fingerprint density at radius 3 is 2.28 bits per heavy atom. The van der Waals surface area contributed by atoms with Crippen molar-refractivity contribution >= 4 is 58.4 Å². The van der Waals surface area contributed by atoms with E-state index in [2.05, 4.69) is 12.2 Å². The maximum Gasteiger partial charge on any atom is 0.242 e. The van der Waals surface area contributed by atoms with E-state index < -0.39 is 6.04 Å². The molecule has 0 aliphatic rings. The van der Waals surface area contributed by atoms with Crippen LogP contribution >= 0.6 is 46.6 Å². The number of nitrogens with one attached hydrogen (secondary N) is 1. The van der Waals surface area contributed by atoms with E-state index in [1.54, 1.807) is 35.2 Å². The summed E-state index contributed by atoms with van der Waals surface area (Å²) in [5.41, 5.74) is 1.73. The Hall–Kier alpha value is -1.40. The molecule has 0 saturated heterocycles. The molecule has 174 valence electrons. The molecule has 0 fully saturated rings. The van der Waals surface area contributed by atoms with Crippen molar-refractivity contribution in [3.05, 3.63) is 68.7 Å². The molecule has 8 heteroatoms. The van der Waals surface area contributed by atoms with Gasteiger partial charge in [0.2, 0.25) is 11.8 Å². The summed E-state index contributed by atoms with van der Waals surface area (Å²) in [5.74, 6) is 0.500. The zero-order valence-electron chi connectivity index (χ0n) is 18.4. The van der Waals surface area contributed by atoms with Crippen molar-refractivity contribution in [2.45, 2.75) is 51.4 Å². The molecule has 0 unspecified atom stereocenters. The summed E-state index contributed by atoms with van der Waals surface area (Å²) in [7, 11) is 0. The Morgan fingerprint density at radius 2 is 1.69 bits per heavy atom. The third-order valence-electron chi connectivity index (χ3n) is 5.02. The molecule has 0 radical (unpaired) electrons. The highest BCUT2D eigenvalue weighted by atomic mass is 35.5. The summed E-state index contributed by atoms with van der Waals surface area (Å²) < 4.78 is 0. The number of hydrogen-bond donors (Lipinski definition) is 1. The van der Waals surface area contributed by atoms with Gasteiger partial charge in [0.15, 0.2) is 0 Å². The Bertz CT molecular complexity index is 873. The molecule has 32 heavy (non-hydrogen) atoms. The lowest BCUT2D eigenvalue weighted by molar-refractivity contribution is -0.139. The van der Waals surface area contributed by atoms with Crippen LogP contribution in [0.2, 0.25) is 15.1 Å². The van der Waals surface area contributed by atoms with Gasteiger partial charge in [-0.2, -0.15) is 0 Å². The molecule has 2 aromatic rings. The van der Waals surface area contributed by atoms with Gasteiger partial charge >= 0.3 is 0 Å². The highest BCUT2D eigenvalue weighted by Crippen LogP contribution is 2.28. The molecule has 4 nitrogen and oxygen atoms in total. The van der Waals surface area contributed by atoms with Gasteiger partial charge in [0.25, 0.3) is 0 Å². The summed E-state index contributed by atoms with van der Waals surface area (Å²) in [4.78, 5) is 27.8. The molecular weight excluding hydrogens is 487 g/mol. The minimum absolute atomic E-state index is 0.106. The molecule has 0 saturated carbocycles. The summed E-state index contributed by atoms with van der Waals surface area (Å²) in [6.45, 7) is 4.93. The average Bonchev–Trinajstić information content (AvgIpc) is 2.77. The van der Waals surface area contributed by atoms with Gasteiger partial charge in [-0.3, -0.25) is 9.59 Å². The van der Waals surface area contributed by atoms with Gasteiger partial charge in [0, 0.05) is 33.9 Å². The van der Waals surface area contributed by atoms with Crippen molar-refractivity contribution < 1.29 is 9.59 Å². The van der Waals surface area contributed by atoms with Crippen LogP contribution in [-0.2, 0) is 21.9 Å². The van der Waals surface area contributed by atoms with Crippen LogP contribution in [0.3, 0.4) is 0 Å². The van der Waals surface area contributed by atoms with Crippen molar-refractivity contribution in [2.75, 3.05) is 12.3 Å². The van der Waals surface area contributed by atoms with E-state index in [1.165, 1.54) is 11.8 Å². The number of hydrogen-bond acceptors (Lipinski definition) is 3. The zero-order valence-corrected chi connectivity index (χ0v) is 21.5. The Balaban J connectivity index is 2.13. The molecule has 0 heterocycles. The van der Waals surface area contributed by atoms with E-state index in [-0.39, 0.29) is 17.6 Å². The molecule has 2 rings (SSSR count). The number of carbonyl (C=O) groups is 2. The van der Waals surface area contributed by atoms with Crippen LogP contribution in [0.5, 0.6) is 0 Å². The first-order valence-electron chi connectivity index (χ1n) is 10.7. The van der Waals surface area contributed by atoms with Crippen LogP contribution in [0.25, 0.3) is 0 Å². The maximum absolute atomic E-state index is 13.2. The van der Waals surface area contributed by atoms with Gasteiger partial charge in [-0.05, 0) is 48.2 Å². The van der Waals surface area contributed by atoms with E-state index in [0.717, 1.165) is 24.0 Å². The van der Waals surface area contributed by atoms with Gasteiger partial charge in [-0.1, -0.05) is 73.3 Å². The lowest BCUT2D eigenvalue weighted by Crippen LogP contribution is -2.49. The molecule has 1 N–H and O–H groups in total. The highest BCUT2D eigenvalue weighted by molar-refractivity contribution is 7.99. The van der Waals surface area contributed by atoms with E-state index >= 15 is 0 Å². The van der Waals surface area contributed by atoms with Crippen LogP contribution in [0.15, 0.2) is 42.5 Å². The fourth-order valence-corrected chi connectivity index (χ4v) is 4.98. The van der Waals surface area contributed by atoms with Crippen LogP contribution in [0, 0.1) is 0 Å². The SMILES string of the molecule is CCCCNC(=O)[C@@H](CC)N(Cc1ccc(Cl)cc1)C(=O)CSCc1c(Cl)cccc1Cl. The number of unbranched alkanes of at least 4 members (excludes halogenated alkanes) is 1. The number of rotatable bonds is 12. The first-order valence-corrected chi connectivity index (χ1v) is 13.0. The fraction of sp³-hybridized carbons (Fsp3) is 0.417. The van der Waals surface area contributed by atoms with Crippen LogP contribution in [0.4, 0.5) is 0 Å². The number of carbonyl (C=O) groups excluding carboxylic acids is 2. The number of thioether (sulfide) groups is 1. The number of nitrogens with zero attached hydrogens (tertiary/aromatic N) is 1. The van der Waals surface area contributed by atoms with Crippen LogP contribution in [0.1, 0.15) is 44.2 Å². The van der Waals surface area contributed by atoms with E-state index in [4.69, 9.17) is 34.8 Å². The van der Waals surface area contributed by atoms with Gasteiger partial charge in [-0.15, -0.1) is 11.8 Å². The first-order chi connectivity index (χ1) is 15.4. The van der Waals surface area contributed by atoms with Gasteiger partial charge < -0.3 is 10.2 Å². The quantitative estimate of drug-likeness (QED) is 0.324. The van der Waals surface area contributed by atoms with Crippen molar-refractivity contribution in [1.82, 2.24) is 10.2 Å². The summed E-state index contributed by atoms with van der Waals surface area (Å²) in [6.07, 6.45) is 2.42. The lowest BCUT2D eigenvalue weighted by Gasteiger charge is -2.30.